The van der Waals surface area contributed by atoms with Gasteiger partial charge in [-0.25, -0.2) is 4.39 Å². The summed E-state index contributed by atoms with van der Waals surface area (Å²) in [6.45, 7) is 5.38. The molecule has 0 aromatic heterocycles. The summed E-state index contributed by atoms with van der Waals surface area (Å²) in [6, 6.07) is 3.98. The van der Waals surface area contributed by atoms with Crippen molar-refractivity contribution in [2.45, 2.75) is 13.0 Å². The standard InChI is InChI=1S/C13H17FN2O2/c1-3-6-16-13(17)8-18-10-4-5-11(9(2)15)12(14)7-10/h3-5,7,9H,1,6,8,15H2,2H3,(H,16,17). The molecule has 0 aliphatic rings. The Bertz CT molecular complexity index is 433. The second-order valence-corrected chi connectivity index (χ2v) is 3.85. The molecule has 0 saturated heterocycles. The van der Waals surface area contributed by atoms with Crippen LogP contribution in [0.1, 0.15) is 18.5 Å². The van der Waals surface area contributed by atoms with Crippen LogP contribution in [0.3, 0.4) is 0 Å². The van der Waals surface area contributed by atoms with Crippen LogP contribution in [-0.4, -0.2) is 19.1 Å². The average molecular weight is 252 g/mol. The number of carbonyl (C=O) groups is 1. The zero-order chi connectivity index (χ0) is 13.5. The van der Waals surface area contributed by atoms with E-state index >= 15 is 0 Å². The maximum absolute atomic E-state index is 13.6. The highest BCUT2D eigenvalue weighted by atomic mass is 19.1. The van der Waals surface area contributed by atoms with Crippen molar-refractivity contribution in [1.29, 1.82) is 0 Å². The Labute approximate surface area is 106 Å². The number of nitrogens with two attached hydrogens (primary N) is 1. The van der Waals surface area contributed by atoms with E-state index in [0.717, 1.165) is 0 Å². The second kappa shape index (κ2) is 6.76. The number of carbonyl (C=O) groups excluding carboxylic acids is 1. The fraction of sp³-hybridized carbons (Fsp3) is 0.308. The van der Waals surface area contributed by atoms with Crippen LogP contribution in [0.15, 0.2) is 30.9 Å². The molecule has 0 saturated carbocycles. The number of halogens is 1. The van der Waals surface area contributed by atoms with Crippen LogP contribution in [0.4, 0.5) is 4.39 Å². The molecule has 0 radical (unpaired) electrons. The first-order valence-corrected chi connectivity index (χ1v) is 5.60. The average Bonchev–Trinajstić information content (AvgIpc) is 2.33. The predicted molar refractivity (Wildman–Crippen MR) is 67.7 cm³/mol. The summed E-state index contributed by atoms with van der Waals surface area (Å²) in [5, 5.41) is 2.55. The van der Waals surface area contributed by atoms with Gasteiger partial charge < -0.3 is 15.8 Å². The summed E-state index contributed by atoms with van der Waals surface area (Å²) in [4.78, 5) is 11.2. The molecule has 98 valence electrons. The number of amides is 1. The minimum Gasteiger partial charge on any atom is -0.484 e. The van der Waals surface area contributed by atoms with E-state index in [1.54, 1.807) is 25.1 Å². The molecule has 1 unspecified atom stereocenters. The third kappa shape index (κ3) is 4.18. The van der Waals surface area contributed by atoms with E-state index in [0.29, 0.717) is 17.9 Å². The molecular formula is C13H17FN2O2. The Morgan fingerprint density at radius 3 is 2.94 bits per heavy atom. The number of hydrogen-bond acceptors (Lipinski definition) is 3. The van der Waals surface area contributed by atoms with E-state index in [4.69, 9.17) is 10.5 Å². The number of hydrogen-bond donors (Lipinski definition) is 2. The lowest BCUT2D eigenvalue weighted by atomic mass is 10.1. The molecule has 5 heteroatoms. The van der Waals surface area contributed by atoms with Crippen LogP contribution >= 0.6 is 0 Å². The molecule has 1 aromatic rings. The quantitative estimate of drug-likeness (QED) is 0.755. The van der Waals surface area contributed by atoms with Crippen molar-refractivity contribution in [1.82, 2.24) is 5.32 Å². The van der Waals surface area contributed by atoms with Crippen LogP contribution in [0, 0.1) is 5.82 Å². The molecular weight excluding hydrogens is 235 g/mol. The van der Waals surface area contributed by atoms with Gasteiger partial charge in [0, 0.05) is 24.2 Å². The van der Waals surface area contributed by atoms with E-state index in [9.17, 15) is 9.18 Å². The van der Waals surface area contributed by atoms with Crippen molar-refractivity contribution in [3.05, 3.63) is 42.2 Å². The third-order valence-corrected chi connectivity index (χ3v) is 2.28. The molecule has 1 atom stereocenters. The minimum absolute atomic E-state index is 0.162. The molecule has 0 bridgehead atoms. The van der Waals surface area contributed by atoms with Gasteiger partial charge in [-0.05, 0) is 13.0 Å². The first-order valence-electron chi connectivity index (χ1n) is 5.60. The number of benzene rings is 1. The highest BCUT2D eigenvalue weighted by Gasteiger charge is 2.09. The van der Waals surface area contributed by atoms with E-state index in [-0.39, 0.29) is 18.6 Å². The Morgan fingerprint density at radius 2 is 2.39 bits per heavy atom. The summed E-state index contributed by atoms with van der Waals surface area (Å²) in [5.74, 6) is -0.425. The molecule has 1 rings (SSSR count). The first kappa shape index (κ1) is 14.2. The third-order valence-electron chi connectivity index (χ3n) is 2.28. The lowest BCUT2D eigenvalue weighted by molar-refractivity contribution is -0.122. The Kier molecular flexibility index (Phi) is 5.32. The number of ether oxygens (including phenoxy) is 1. The van der Waals surface area contributed by atoms with Crippen molar-refractivity contribution in [3.8, 4) is 5.75 Å². The summed E-state index contributed by atoms with van der Waals surface area (Å²) >= 11 is 0. The maximum Gasteiger partial charge on any atom is 0.258 e. The van der Waals surface area contributed by atoms with Gasteiger partial charge in [0.2, 0.25) is 0 Å². The van der Waals surface area contributed by atoms with Crippen molar-refractivity contribution in [3.63, 3.8) is 0 Å². The van der Waals surface area contributed by atoms with Gasteiger partial charge in [0.15, 0.2) is 6.61 Å². The van der Waals surface area contributed by atoms with Crippen LogP contribution in [0.25, 0.3) is 0 Å². The van der Waals surface area contributed by atoms with Gasteiger partial charge in [0.25, 0.3) is 5.91 Å². The number of nitrogens with one attached hydrogen (secondary N) is 1. The summed E-state index contributed by atoms with van der Waals surface area (Å²) < 4.78 is 18.7. The van der Waals surface area contributed by atoms with Gasteiger partial charge in [0.05, 0.1) is 0 Å². The largest absolute Gasteiger partial charge is 0.484 e. The van der Waals surface area contributed by atoms with Crippen molar-refractivity contribution in [2.24, 2.45) is 5.73 Å². The van der Waals surface area contributed by atoms with E-state index in [2.05, 4.69) is 11.9 Å². The van der Waals surface area contributed by atoms with Gasteiger partial charge >= 0.3 is 0 Å². The Hall–Kier alpha value is -1.88. The SMILES string of the molecule is C=CCNC(=O)COc1ccc(C(C)N)c(F)c1. The van der Waals surface area contributed by atoms with Gasteiger partial charge in [-0.1, -0.05) is 12.1 Å². The fourth-order valence-corrected chi connectivity index (χ4v) is 1.35. The van der Waals surface area contributed by atoms with Crippen LogP contribution in [0.2, 0.25) is 0 Å². The zero-order valence-corrected chi connectivity index (χ0v) is 10.3. The first-order chi connectivity index (χ1) is 8.54. The molecule has 0 fully saturated rings. The van der Waals surface area contributed by atoms with Crippen molar-refractivity contribution in [2.75, 3.05) is 13.2 Å². The minimum atomic E-state index is -0.436. The molecule has 4 nitrogen and oxygen atoms in total. The molecule has 1 amide bonds. The van der Waals surface area contributed by atoms with E-state index in [1.165, 1.54) is 6.07 Å². The van der Waals surface area contributed by atoms with Crippen LogP contribution < -0.4 is 15.8 Å². The molecule has 1 aromatic carbocycles. The highest BCUT2D eigenvalue weighted by Crippen LogP contribution is 2.20. The molecule has 18 heavy (non-hydrogen) atoms. The normalized spacial score (nSPS) is 11.7. The van der Waals surface area contributed by atoms with Gasteiger partial charge in [-0.2, -0.15) is 0 Å². The fourth-order valence-electron chi connectivity index (χ4n) is 1.35. The molecule has 0 aliphatic carbocycles. The molecule has 3 N–H and O–H groups in total. The Balaban J connectivity index is 2.56. The van der Waals surface area contributed by atoms with E-state index in [1.807, 2.05) is 0 Å². The van der Waals surface area contributed by atoms with E-state index < -0.39 is 5.82 Å². The second-order valence-electron chi connectivity index (χ2n) is 3.85. The van der Waals surface area contributed by atoms with Gasteiger partial charge in [-0.15, -0.1) is 6.58 Å². The van der Waals surface area contributed by atoms with Crippen molar-refractivity contribution < 1.29 is 13.9 Å². The lowest BCUT2D eigenvalue weighted by Gasteiger charge is -2.10. The van der Waals surface area contributed by atoms with Crippen LogP contribution in [0.5, 0.6) is 5.75 Å². The summed E-state index contributed by atoms with van der Waals surface area (Å²) in [7, 11) is 0. The monoisotopic (exact) mass is 252 g/mol. The topological polar surface area (TPSA) is 64.3 Å². The summed E-state index contributed by atoms with van der Waals surface area (Å²) in [6.07, 6.45) is 1.56. The molecule has 0 spiro atoms. The van der Waals surface area contributed by atoms with Crippen molar-refractivity contribution >= 4 is 5.91 Å². The van der Waals surface area contributed by atoms with Crippen LogP contribution in [-0.2, 0) is 4.79 Å². The summed E-state index contributed by atoms with van der Waals surface area (Å²) in [5.41, 5.74) is 6.00. The van der Waals surface area contributed by atoms with Gasteiger partial charge in [-0.3, -0.25) is 4.79 Å². The highest BCUT2D eigenvalue weighted by molar-refractivity contribution is 5.77. The maximum atomic E-state index is 13.6. The molecule has 0 aliphatic heterocycles. The molecule has 0 heterocycles. The zero-order valence-electron chi connectivity index (χ0n) is 10.3. The Morgan fingerprint density at radius 1 is 1.67 bits per heavy atom. The van der Waals surface area contributed by atoms with Gasteiger partial charge in [0.1, 0.15) is 11.6 Å². The predicted octanol–water partition coefficient (Wildman–Crippen LogP) is 1.53. The number of rotatable bonds is 6. The smallest absolute Gasteiger partial charge is 0.258 e. The lowest BCUT2D eigenvalue weighted by Crippen LogP contribution is -2.28.